The molecule has 2 heterocycles. The van der Waals surface area contributed by atoms with Crippen molar-refractivity contribution in [2.75, 3.05) is 38.0 Å². The van der Waals surface area contributed by atoms with Gasteiger partial charge in [0.05, 0.1) is 6.54 Å². The number of piperidine rings is 2. The lowest BCUT2D eigenvalue weighted by Crippen LogP contribution is -2.55. The average molecular weight is 373 g/mol. The first-order valence-corrected chi connectivity index (χ1v) is 9.97. The van der Waals surface area contributed by atoms with Crippen LogP contribution in [0.25, 0.3) is 0 Å². The van der Waals surface area contributed by atoms with Crippen molar-refractivity contribution in [1.29, 1.82) is 0 Å². The molecule has 2 aliphatic heterocycles. The molecule has 0 saturated carbocycles. The number of nitrogens with zero attached hydrogens (tertiary/aromatic N) is 2. The third-order valence-electron chi connectivity index (χ3n) is 6.01. The van der Waals surface area contributed by atoms with Crippen molar-refractivity contribution in [3.63, 3.8) is 0 Å². The summed E-state index contributed by atoms with van der Waals surface area (Å²) >= 11 is 0. The molecule has 0 bridgehead atoms. The number of nitrogens with two attached hydrogens (primary N) is 1. The number of nitrogens with one attached hydrogen (secondary N) is 1. The standard InChI is InChI=1S/C21H32N4O2/c1-21(2)15-24(11-10-18(21)22)14-19(26)25-12-8-16(9-13-25)20(27)23-17-6-4-3-5-7-17/h3-7,16,18H,8-15,22H2,1-2H3,(H,23,27). The van der Waals surface area contributed by atoms with E-state index in [0.29, 0.717) is 19.6 Å². The van der Waals surface area contributed by atoms with Gasteiger partial charge in [0, 0.05) is 43.8 Å². The molecule has 2 fully saturated rings. The van der Waals surface area contributed by atoms with E-state index in [4.69, 9.17) is 5.73 Å². The molecule has 0 spiro atoms. The second-order valence-corrected chi connectivity index (χ2v) is 8.60. The molecule has 1 atom stereocenters. The summed E-state index contributed by atoms with van der Waals surface area (Å²) in [4.78, 5) is 29.2. The van der Waals surface area contributed by atoms with Crippen molar-refractivity contribution in [1.82, 2.24) is 9.80 Å². The number of rotatable bonds is 4. The third-order valence-corrected chi connectivity index (χ3v) is 6.01. The van der Waals surface area contributed by atoms with E-state index in [1.807, 2.05) is 35.2 Å². The van der Waals surface area contributed by atoms with E-state index in [1.54, 1.807) is 0 Å². The Morgan fingerprint density at radius 1 is 1.11 bits per heavy atom. The van der Waals surface area contributed by atoms with Crippen LogP contribution in [-0.2, 0) is 9.59 Å². The number of para-hydroxylation sites is 1. The smallest absolute Gasteiger partial charge is 0.236 e. The van der Waals surface area contributed by atoms with Crippen molar-refractivity contribution in [2.24, 2.45) is 17.1 Å². The van der Waals surface area contributed by atoms with E-state index in [2.05, 4.69) is 24.1 Å². The fourth-order valence-corrected chi connectivity index (χ4v) is 4.07. The predicted octanol–water partition coefficient (Wildman–Crippen LogP) is 1.92. The molecule has 2 amide bonds. The zero-order valence-corrected chi connectivity index (χ0v) is 16.5. The van der Waals surface area contributed by atoms with Crippen molar-refractivity contribution in [2.45, 2.75) is 39.2 Å². The third kappa shape index (κ3) is 5.08. The van der Waals surface area contributed by atoms with Crippen LogP contribution in [0.4, 0.5) is 5.69 Å². The van der Waals surface area contributed by atoms with Crippen LogP contribution in [0.1, 0.15) is 33.1 Å². The Kier molecular flexibility index (Phi) is 6.17. The number of carbonyl (C=O) groups is 2. The maximum Gasteiger partial charge on any atom is 0.236 e. The highest BCUT2D eigenvalue weighted by Gasteiger charge is 2.35. The molecule has 2 saturated heterocycles. The Balaban J connectivity index is 1.44. The molecule has 0 aliphatic carbocycles. The van der Waals surface area contributed by atoms with Gasteiger partial charge in [0.25, 0.3) is 0 Å². The van der Waals surface area contributed by atoms with Crippen LogP contribution < -0.4 is 11.1 Å². The van der Waals surface area contributed by atoms with E-state index < -0.39 is 0 Å². The molecule has 6 heteroatoms. The SMILES string of the molecule is CC1(C)CN(CC(=O)N2CCC(C(=O)Nc3ccccc3)CC2)CCC1N. The highest BCUT2D eigenvalue weighted by Crippen LogP contribution is 2.28. The maximum absolute atomic E-state index is 12.7. The van der Waals surface area contributed by atoms with Crippen LogP contribution in [0.2, 0.25) is 0 Å². The van der Waals surface area contributed by atoms with E-state index in [1.165, 1.54) is 0 Å². The molecule has 3 N–H and O–H groups in total. The van der Waals surface area contributed by atoms with Gasteiger partial charge < -0.3 is 16.0 Å². The Morgan fingerprint density at radius 2 is 1.78 bits per heavy atom. The highest BCUT2D eigenvalue weighted by atomic mass is 16.2. The minimum Gasteiger partial charge on any atom is -0.342 e. The zero-order chi connectivity index (χ0) is 19.4. The topological polar surface area (TPSA) is 78.7 Å². The van der Waals surface area contributed by atoms with Crippen LogP contribution in [0.15, 0.2) is 30.3 Å². The van der Waals surface area contributed by atoms with Crippen molar-refractivity contribution in [3.8, 4) is 0 Å². The number of likely N-dealkylation sites (tertiary alicyclic amines) is 2. The van der Waals surface area contributed by atoms with E-state index >= 15 is 0 Å². The lowest BCUT2D eigenvalue weighted by Gasteiger charge is -2.43. The van der Waals surface area contributed by atoms with Gasteiger partial charge in [0.2, 0.25) is 11.8 Å². The Labute approximate surface area is 162 Å². The predicted molar refractivity (Wildman–Crippen MR) is 107 cm³/mol. The second-order valence-electron chi connectivity index (χ2n) is 8.60. The molecule has 148 valence electrons. The first kappa shape index (κ1) is 19.8. The van der Waals surface area contributed by atoms with Crippen molar-refractivity contribution < 1.29 is 9.59 Å². The summed E-state index contributed by atoms with van der Waals surface area (Å²) in [6.07, 6.45) is 2.38. The van der Waals surface area contributed by atoms with Gasteiger partial charge in [-0.1, -0.05) is 32.0 Å². The number of carbonyl (C=O) groups excluding carboxylic acids is 2. The number of hydrogen-bond donors (Lipinski definition) is 2. The van der Waals surface area contributed by atoms with E-state index in [0.717, 1.165) is 38.0 Å². The number of benzene rings is 1. The molecule has 0 aromatic heterocycles. The molecular formula is C21H32N4O2. The van der Waals surface area contributed by atoms with Crippen LogP contribution in [0.5, 0.6) is 0 Å². The zero-order valence-electron chi connectivity index (χ0n) is 16.5. The molecule has 1 aromatic rings. The summed E-state index contributed by atoms with van der Waals surface area (Å²) in [5, 5.41) is 2.97. The summed E-state index contributed by atoms with van der Waals surface area (Å²) < 4.78 is 0. The Bertz CT molecular complexity index is 653. The summed E-state index contributed by atoms with van der Waals surface area (Å²) in [7, 11) is 0. The first-order valence-electron chi connectivity index (χ1n) is 9.97. The number of anilines is 1. The second kappa shape index (κ2) is 8.40. The largest absolute Gasteiger partial charge is 0.342 e. The molecule has 2 aliphatic rings. The van der Waals surface area contributed by atoms with Crippen molar-refractivity contribution in [3.05, 3.63) is 30.3 Å². The fraction of sp³-hybridized carbons (Fsp3) is 0.619. The lowest BCUT2D eigenvalue weighted by molar-refractivity contribution is -0.136. The Hall–Kier alpha value is -1.92. The van der Waals surface area contributed by atoms with Gasteiger partial charge >= 0.3 is 0 Å². The van der Waals surface area contributed by atoms with E-state index in [-0.39, 0.29) is 29.2 Å². The first-order chi connectivity index (χ1) is 12.8. The number of hydrogen-bond acceptors (Lipinski definition) is 4. The lowest BCUT2D eigenvalue weighted by atomic mass is 9.80. The summed E-state index contributed by atoms with van der Waals surface area (Å²) in [5.41, 5.74) is 7.06. The van der Waals surface area contributed by atoms with Crippen LogP contribution in [0.3, 0.4) is 0 Å². The van der Waals surface area contributed by atoms with Gasteiger partial charge in [-0.25, -0.2) is 0 Å². The minimum absolute atomic E-state index is 0.0267. The van der Waals surface area contributed by atoms with Gasteiger partial charge in [-0.2, -0.15) is 0 Å². The molecule has 1 aromatic carbocycles. The van der Waals surface area contributed by atoms with Crippen molar-refractivity contribution >= 4 is 17.5 Å². The van der Waals surface area contributed by atoms with Gasteiger partial charge in [-0.05, 0) is 36.8 Å². The van der Waals surface area contributed by atoms with Gasteiger partial charge in [0.1, 0.15) is 0 Å². The highest BCUT2D eigenvalue weighted by molar-refractivity contribution is 5.92. The fourth-order valence-electron chi connectivity index (χ4n) is 4.07. The maximum atomic E-state index is 12.7. The monoisotopic (exact) mass is 372 g/mol. The van der Waals surface area contributed by atoms with Crippen LogP contribution >= 0.6 is 0 Å². The molecule has 27 heavy (non-hydrogen) atoms. The normalized spacial score (nSPS) is 23.8. The van der Waals surface area contributed by atoms with Gasteiger partial charge in [-0.3, -0.25) is 14.5 Å². The summed E-state index contributed by atoms with van der Waals surface area (Å²) in [6, 6.07) is 9.72. The molecule has 0 radical (unpaired) electrons. The van der Waals surface area contributed by atoms with Gasteiger partial charge in [0.15, 0.2) is 0 Å². The molecule has 1 unspecified atom stereocenters. The molecule has 6 nitrogen and oxygen atoms in total. The van der Waals surface area contributed by atoms with Gasteiger partial charge in [-0.15, -0.1) is 0 Å². The quantitative estimate of drug-likeness (QED) is 0.846. The summed E-state index contributed by atoms with van der Waals surface area (Å²) in [5.74, 6) is 0.199. The number of amides is 2. The van der Waals surface area contributed by atoms with Crippen LogP contribution in [-0.4, -0.2) is 60.4 Å². The average Bonchev–Trinajstić information content (AvgIpc) is 2.65. The van der Waals surface area contributed by atoms with Crippen LogP contribution in [0, 0.1) is 11.3 Å². The Morgan fingerprint density at radius 3 is 2.41 bits per heavy atom. The minimum atomic E-state index is -0.0267. The summed E-state index contributed by atoms with van der Waals surface area (Å²) in [6.45, 7) is 7.85. The van der Waals surface area contributed by atoms with E-state index in [9.17, 15) is 9.59 Å². The molecular weight excluding hydrogens is 340 g/mol. The molecule has 3 rings (SSSR count).